The van der Waals surface area contributed by atoms with Crippen molar-refractivity contribution in [1.82, 2.24) is 25.2 Å². The lowest BCUT2D eigenvalue weighted by atomic mass is 10.0. The van der Waals surface area contributed by atoms with Crippen molar-refractivity contribution in [3.05, 3.63) is 54.1 Å². The fraction of sp³-hybridized carbons (Fsp3) is 0.568. The van der Waals surface area contributed by atoms with Crippen LogP contribution >= 0.6 is 0 Å². The summed E-state index contributed by atoms with van der Waals surface area (Å²) >= 11 is 0. The Hall–Kier alpha value is -4.92. The summed E-state index contributed by atoms with van der Waals surface area (Å²) in [5, 5.41) is 5.96. The topological polar surface area (TPSA) is 182 Å². The van der Waals surface area contributed by atoms with Crippen molar-refractivity contribution in [3.8, 4) is 22.8 Å². The minimum absolute atomic E-state index is 0.0241. The number of aryl methyl sites for hydroxylation is 1. The van der Waals surface area contributed by atoms with E-state index in [1.54, 1.807) is 7.11 Å². The van der Waals surface area contributed by atoms with Crippen LogP contribution < -0.4 is 24.8 Å². The molecule has 59 heavy (non-hydrogen) atoms. The monoisotopic (exact) mass is 829 g/mol. The summed E-state index contributed by atoms with van der Waals surface area (Å²) in [6.45, 7) is 0.230. The highest BCUT2D eigenvalue weighted by Crippen LogP contribution is 2.48. The number of alkyl carbamates (subject to hydrolysis) is 1. The lowest BCUT2D eigenvalue weighted by Crippen LogP contribution is -2.58. The number of benzene rings is 2. The van der Waals surface area contributed by atoms with Crippen molar-refractivity contribution in [3.63, 3.8) is 0 Å². The number of nitrogens with zero attached hydrogens (tertiary/aromatic N) is 2. The first-order chi connectivity index (χ1) is 28.5. The molecule has 4 amide bonds. The first kappa shape index (κ1) is 40.8. The number of cyclic esters (lactones) is 1. The number of hydrogen-bond donors (Lipinski definition) is 3. The molecular formula is C44H55N5O9S. The first-order valence-electron chi connectivity index (χ1n) is 21.4. The molecule has 4 fully saturated rings. The van der Waals surface area contributed by atoms with E-state index in [2.05, 4.69) is 21.4 Å². The van der Waals surface area contributed by atoms with Gasteiger partial charge in [-0.2, -0.15) is 0 Å². The molecule has 0 unspecified atom stereocenters. The van der Waals surface area contributed by atoms with E-state index in [4.69, 9.17) is 19.2 Å². The average Bonchev–Trinajstić information content (AvgIpc) is 4.15. The van der Waals surface area contributed by atoms with Gasteiger partial charge >= 0.3 is 6.09 Å². The molecule has 3 aliphatic heterocycles. The highest BCUT2D eigenvalue weighted by molar-refractivity contribution is 7.91. The van der Waals surface area contributed by atoms with Gasteiger partial charge in [0.1, 0.15) is 35.2 Å². The third kappa shape index (κ3) is 9.14. The normalized spacial score (nSPS) is 27.3. The van der Waals surface area contributed by atoms with Crippen LogP contribution in [0.5, 0.6) is 11.5 Å². The molecule has 15 heteroatoms. The van der Waals surface area contributed by atoms with Crippen molar-refractivity contribution in [2.24, 2.45) is 5.92 Å². The Balaban J connectivity index is 1.17. The van der Waals surface area contributed by atoms with Gasteiger partial charge in [-0.15, -0.1) is 0 Å². The molecule has 1 aromatic heterocycles. The molecular weight excluding hydrogens is 775 g/mol. The predicted octanol–water partition coefficient (Wildman–Crippen LogP) is 5.70. The number of amides is 4. The molecule has 2 saturated carbocycles. The summed E-state index contributed by atoms with van der Waals surface area (Å²) < 4.78 is 46.5. The van der Waals surface area contributed by atoms with Crippen molar-refractivity contribution in [1.29, 1.82) is 0 Å². The zero-order chi connectivity index (χ0) is 41.1. The summed E-state index contributed by atoms with van der Waals surface area (Å²) in [6.07, 6.45) is 9.17. The third-order valence-corrected chi connectivity index (χ3v) is 14.5. The predicted molar refractivity (Wildman–Crippen MR) is 220 cm³/mol. The molecule has 5 atom stereocenters. The minimum Gasteiger partial charge on any atom is -0.496 e. The van der Waals surface area contributed by atoms with E-state index in [-0.39, 0.29) is 25.5 Å². The van der Waals surface area contributed by atoms with Crippen LogP contribution in [0.2, 0.25) is 0 Å². The maximum absolute atomic E-state index is 14.7. The van der Waals surface area contributed by atoms with Gasteiger partial charge in [0, 0.05) is 29.5 Å². The zero-order valence-electron chi connectivity index (χ0n) is 33.7. The van der Waals surface area contributed by atoms with E-state index in [9.17, 15) is 27.6 Å². The maximum atomic E-state index is 14.7. The number of pyridine rings is 1. The molecule has 5 aliphatic rings. The number of aromatic nitrogens is 1. The second-order valence-electron chi connectivity index (χ2n) is 16.9. The molecule has 2 aromatic carbocycles. The number of hydrogen-bond acceptors (Lipinski definition) is 10. The molecule has 0 spiro atoms. The van der Waals surface area contributed by atoms with Gasteiger partial charge in [-0.25, -0.2) is 18.2 Å². The van der Waals surface area contributed by atoms with Gasteiger partial charge < -0.3 is 29.7 Å². The van der Waals surface area contributed by atoms with Crippen molar-refractivity contribution in [2.75, 3.05) is 20.3 Å². The Kier molecular flexibility index (Phi) is 12.0. The maximum Gasteiger partial charge on any atom is 0.407 e. The summed E-state index contributed by atoms with van der Waals surface area (Å²) in [5.74, 6) is -0.730. The molecule has 3 N–H and O–H groups in total. The van der Waals surface area contributed by atoms with Gasteiger partial charge in [-0.3, -0.25) is 19.1 Å². The van der Waals surface area contributed by atoms with Gasteiger partial charge in [0.15, 0.2) is 0 Å². The highest BCUT2D eigenvalue weighted by Gasteiger charge is 2.62. The van der Waals surface area contributed by atoms with E-state index in [1.165, 1.54) is 4.90 Å². The Bertz CT molecular complexity index is 2180. The number of nitrogens with one attached hydrogen (secondary N) is 3. The van der Waals surface area contributed by atoms with Crippen molar-refractivity contribution in [2.45, 2.75) is 132 Å². The van der Waals surface area contributed by atoms with Crippen LogP contribution in [0.4, 0.5) is 4.79 Å². The smallest absolute Gasteiger partial charge is 0.407 e. The summed E-state index contributed by atoms with van der Waals surface area (Å²) in [6, 6.07) is 13.6. The average molecular weight is 830 g/mol. The molecule has 0 radical (unpaired) electrons. The summed E-state index contributed by atoms with van der Waals surface area (Å²) in [5.41, 5.74) is 1.81. The number of carbonyl (C=O) groups is 4. The molecule has 2 saturated heterocycles. The lowest BCUT2D eigenvalue weighted by molar-refractivity contribution is -0.141. The Morgan fingerprint density at radius 1 is 0.932 bits per heavy atom. The van der Waals surface area contributed by atoms with Crippen LogP contribution in [0, 0.1) is 5.92 Å². The molecule has 5 bridgehead atoms. The third-order valence-electron chi connectivity index (χ3n) is 12.6. The number of carbonyl (C=O) groups excluding carboxylic acids is 4. The van der Waals surface area contributed by atoms with Gasteiger partial charge in [-0.1, -0.05) is 75.3 Å². The fourth-order valence-electron chi connectivity index (χ4n) is 9.06. The van der Waals surface area contributed by atoms with Crippen LogP contribution in [0.15, 0.2) is 48.5 Å². The van der Waals surface area contributed by atoms with Gasteiger partial charge in [0.05, 0.1) is 36.7 Å². The van der Waals surface area contributed by atoms with E-state index >= 15 is 0 Å². The number of fused-ring (bicyclic) bond motifs is 4. The SMILES string of the molecule is COc1cc2nc(-c3ccccc3)cc3c2cc1CCCCCCOC(=O)N[C@H]1CCCCCCC[C@H]2C[C@@]2(C(=O)NS(=O)(=O)C2CC2)NC(=O)[C@@H]2C[C@H](CN2C1=O)O3. The standard InChI is InChI=1S/C44H55N5O9S/c1-56-38-25-36-33-22-29(38)16-8-5-6-13-21-57-43(53)46-34-18-12-4-2-3-11-17-30-26-44(30,42(52)48-59(54,55)32-19-20-32)47-40(50)37-23-31(27-49(37)41(34)51)58-39(33)24-35(45-36)28-14-9-7-10-15-28/h7,9-10,14-15,22,24-25,30-32,34,37H,2-6,8,11-13,16-21,23,26-27H2,1H3,(H,46,53)(H,47,50)(H,48,52)/t30-,31+,34-,37-,44+/m0/s1. The number of rotatable bonds is 5. The highest BCUT2D eigenvalue weighted by atomic mass is 32.2. The fourth-order valence-corrected chi connectivity index (χ4v) is 10.4. The van der Waals surface area contributed by atoms with Gasteiger partial charge in [-0.05, 0) is 68.9 Å². The van der Waals surface area contributed by atoms with Gasteiger partial charge in [0.25, 0.3) is 5.91 Å². The molecule has 8 rings (SSSR count). The van der Waals surface area contributed by atoms with E-state index < -0.39 is 62.8 Å². The van der Waals surface area contributed by atoms with Gasteiger partial charge in [0.2, 0.25) is 21.8 Å². The number of sulfonamides is 1. The zero-order valence-corrected chi connectivity index (χ0v) is 34.5. The second-order valence-corrected chi connectivity index (χ2v) is 18.9. The molecule has 2 aliphatic carbocycles. The molecule has 3 aromatic rings. The Morgan fingerprint density at radius 3 is 2.46 bits per heavy atom. The summed E-state index contributed by atoms with van der Waals surface area (Å²) in [7, 11) is -2.23. The Morgan fingerprint density at radius 2 is 1.68 bits per heavy atom. The molecule has 14 nitrogen and oxygen atoms in total. The van der Waals surface area contributed by atoms with Crippen LogP contribution in [0.3, 0.4) is 0 Å². The van der Waals surface area contributed by atoms with E-state index in [0.29, 0.717) is 67.7 Å². The van der Waals surface area contributed by atoms with Crippen LogP contribution in [-0.2, 0) is 35.6 Å². The van der Waals surface area contributed by atoms with Crippen molar-refractivity contribution >= 4 is 44.7 Å². The molecule has 316 valence electrons. The quantitative estimate of drug-likeness (QED) is 0.289. The number of methoxy groups -OCH3 is 1. The largest absolute Gasteiger partial charge is 0.496 e. The van der Waals surface area contributed by atoms with E-state index in [1.807, 2.05) is 42.5 Å². The Labute approximate surface area is 345 Å². The second kappa shape index (κ2) is 17.4. The lowest BCUT2D eigenvalue weighted by Gasteiger charge is -2.29. The van der Waals surface area contributed by atoms with Crippen LogP contribution in [0.1, 0.15) is 102 Å². The molecule has 4 heterocycles. The first-order valence-corrected chi connectivity index (χ1v) is 22.9. The van der Waals surface area contributed by atoms with Crippen molar-refractivity contribution < 1.29 is 41.8 Å². The van der Waals surface area contributed by atoms with Crippen LogP contribution in [-0.4, -0.2) is 91.4 Å². The minimum atomic E-state index is -3.88. The summed E-state index contributed by atoms with van der Waals surface area (Å²) in [4.78, 5) is 62.9. The number of ether oxygens (including phenoxy) is 3. The van der Waals surface area contributed by atoms with Crippen LogP contribution in [0.25, 0.3) is 22.2 Å². The van der Waals surface area contributed by atoms with E-state index in [0.717, 1.165) is 67.9 Å².